The summed E-state index contributed by atoms with van der Waals surface area (Å²) < 4.78 is 1.96. The molecule has 0 amide bonds. The van der Waals surface area contributed by atoms with Crippen LogP contribution in [-0.4, -0.2) is 41.9 Å². The first-order valence-electron chi connectivity index (χ1n) is 8.42. The molecule has 2 aliphatic rings. The van der Waals surface area contributed by atoms with Crippen LogP contribution in [0.15, 0.2) is 6.20 Å². The van der Waals surface area contributed by atoms with Gasteiger partial charge in [0.05, 0.1) is 12.2 Å². The molecule has 0 unspecified atom stereocenters. The average Bonchev–Trinajstić information content (AvgIpc) is 3.23. The molecule has 0 radical (unpaired) electrons. The maximum Gasteiger partial charge on any atom is 0.374 e. The molecule has 1 saturated carbocycles. The van der Waals surface area contributed by atoms with E-state index in [9.17, 15) is 9.90 Å². The van der Waals surface area contributed by atoms with Gasteiger partial charge in [0.2, 0.25) is 5.82 Å². The molecule has 0 bridgehead atoms. The number of anilines is 1. The topological polar surface area (TPSA) is 97.0 Å². The van der Waals surface area contributed by atoms with Gasteiger partial charge in [-0.2, -0.15) is 0 Å². The van der Waals surface area contributed by atoms with Crippen molar-refractivity contribution < 1.29 is 9.90 Å². The van der Waals surface area contributed by atoms with Gasteiger partial charge < -0.3 is 10.0 Å². The Morgan fingerprint density at radius 1 is 1.33 bits per heavy atom. The summed E-state index contributed by atoms with van der Waals surface area (Å²) in [6.45, 7) is 4.01. The van der Waals surface area contributed by atoms with E-state index < -0.39 is 5.97 Å². The van der Waals surface area contributed by atoms with Crippen LogP contribution >= 0.6 is 0 Å². The second-order valence-corrected chi connectivity index (χ2v) is 6.42. The molecule has 3 heterocycles. The number of carboxylic acid groups (broad SMARTS) is 1. The quantitative estimate of drug-likeness (QED) is 0.923. The minimum atomic E-state index is -1.11. The van der Waals surface area contributed by atoms with Gasteiger partial charge in [-0.15, -0.1) is 10.2 Å². The number of rotatable bonds is 3. The Kier molecular flexibility index (Phi) is 3.47. The fourth-order valence-corrected chi connectivity index (χ4v) is 3.97. The maximum absolute atomic E-state index is 11.4. The number of carboxylic acids is 1. The molecule has 8 nitrogen and oxygen atoms in total. The summed E-state index contributed by atoms with van der Waals surface area (Å²) in [6, 6.07) is 0.411. The van der Waals surface area contributed by atoms with E-state index in [1.807, 2.05) is 11.5 Å². The van der Waals surface area contributed by atoms with Gasteiger partial charge in [-0.05, 0) is 26.2 Å². The van der Waals surface area contributed by atoms with Gasteiger partial charge in [0.25, 0.3) is 0 Å². The standard InChI is InChI=1S/C16H20N6O2/c1-3-11-15-20-19-9(2)21(15)12-8-17-13(16(23)24)18-14(12)22(11)10-6-4-5-7-10/h8,10-11H,3-7H2,1-2H3,(H,23,24)/t11-/m1/s1. The molecular formula is C16H20N6O2. The molecule has 1 atom stereocenters. The highest BCUT2D eigenvalue weighted by atomic mass is 16.4. The summed E-state index contributed by atoms with van der Waals surface area (Å²) in [7, 11) is 0. The van der Waals surface area contributed by atoms with E-state index in [-0.39, 0.29) is 11.9 Å². The van der Waals surface area contributed by atoms with Crippen LogP contribution in [0, 0.1) is 6.92 Å². The summed E-state index contributed by atoms with van der Waals surface area (Å²) in [6.07, 6.45) is 7.01. The Hall–Kier alpha value is -2.51. The average molecular weight is 328 g/mol. The van der Waals surface area contributed by atoms with Crippen molar-refractivity contribution in [3.05, 3.63) is 23.7 Å². The lowest BCUT2D eigenvalue weighted by Gasteiger charge is -2.41. The van der Waals surface area contributed by atoms with Gasteiger partial charge in [-0.3, -0.25) is 4.57 Å². The number of aromatic nitrogens is 5. The van der Waals surface area contributed by atoms with Crippen molar-refractivity contribution in [2.24, 2.45) is 0 Å². The summed E-state index contributed by atoms with van der Waals surface area (Å²) >= 11 is 0. The van der Waals surface area contributed by atoms with Crippen molar-refractivity contribution in [3.63, 3.8) is 0 Å². The monoisotopic (exact) mass is 328 g/mol. The van der Waals surface area contributed by atoms with Gasteiger partial charge in [0.15, 0.2) is 11.6 Å². The highest BCUT2D eigenvalue weighted by Crippen LogP contribution is 2.42. The van der Waals surface area contributed by atoms with Crippen molar-refractivity contribution in [1.82, 2.24) is 24.7 Å². The molecule has 126 valence electrons. The van der Waals surface area contributed by atoms with Gasteiger partial charge in [-0.1, -0.05) is 19.8 Å². The van der Waals surface area contributed by atoms with E-state index in [0.29, 0.717) is 11.9 Å². The smallest absolute Gasteiger partial charge is 0.374 e. The first-order valence-corrected chi connectivity index (χ1v) is 8.42. The SMILES string of the molecule is CC[C@@H]1c2nnc(C)n2-c2cnc(C(=O)O)nc2N1C1CCCC1. The highest BCUT2D eigenvalue weighted by molar-refractivity contribution is 5.84. The van der Waals surface area contributed by atoms with Gasteiger partial charge in [0.1, 0.15) is 11.5 Å². The van der Waals surface area contributed by atoms with Crippen LogP contribution < -0.4 is 4.90 Å². The molecule has 1 fully saturated rings. The van der Waals surface area contributed by atoms with Crippen LogP contribution in [-0.2, 0) is 0 Å². The fraction of sp³-hybridized carbons (Fsp3) is 0.562. The molecular weight excluding hydrogens is 308 g/mol. The van der Waals surface area contributed by atoms with Crippen molar-refractivity contribution in [1.29, 1.82) is 0 Å². The largest absolute Gasteiger partial charge is 0.475 e. The van der Waals surface area contributed by atoms with E-state index in [0.717, 1.165) is 36.6 Å². The molecule has 1 N–H and O–H groups in total. The predicted molar refractivity (Wildman–Crippen MR) is 86.4 cm³/mol. The molecule has 24 heavy (non-hydrogen) atoms. The Labute approximate surface area is 139 Å². The summed E-state index contributed by atoms with van der Waals surface area (Å²) in [5.74, 6) is 1.07. The molecule has 1 aliphatic heterocycles. The summed E-state index contributed by atoms with van der Waals surface area (Å²) in [5.41, 5.74) is 0.772. The van der Waals surface area contributed by atoms with Crippen molar-refractivity contribution in [3.8, 4) is 5.69 Å². The lowest BCUT2D eigenvalue weighted by molar-refractivity contribution is 0.0683. The van der Waals surface area contributed by atoms with Gasteiger partial charge in [0, 0.05) is 6.04 Å². The molecule has 0 aromatic carbocycles. The third-order valence-electron chi connectivity index (χ3n) is 5.02. The van der Waals surface area contributed by atoms with Crippen molar-refractivity contribution >= 4 is 11.8 Å². The third kappa shape index (κ3) is 2.09. The molecule has 2 aromatic rings. The molecule has 1 aliphatic carbocycles. The van der Waals surface area contributed by atoms with E-state index >= 15 is 0 Å². The second kappa shape index (κ2) is 5.54. The van der Waals surface area contributed by atoms with Crippen molar-refractivity contribution in [2.45, 2.75) is 58.0 Å². The second-order valence-electron chi connectivity index (χ2n) is 6.42. The molecule has 0 spiro atoms. The van der Waals surface area contributed by atoms with Crippen LogP contribution in [0.3, 0.4) is 0 Å². The number of nitrogens with zero attached hydrogens (tertiary/aromatic N) is 6. The first-order chi connectivity index (χ1) is 11.6. The zero-order chi connectivity index (χ0) is 16.8. The Bertz CT molecular complexity index is 796. The Balaban J connectivity index is 1.95. The Morgan fingerprint density at radius 2 is 2.08 bits per heavy atom. The van der Waals surface area contributed by atoms with Gasteiger partial charge in [-0.25, -0.2) is 14.8 Å². The van der Waals surface area contributed by atoms with E-state index in [1.54, 1.807) is 6.20 Å². The summed E-state index contributed by atoms with van der Waals surface area (Å²) in [4.78, 5) is 22.0. The number of hydrogen-bond acceptors (Lipinski definition) is 6. The maximum atomic E-state index is 11.4. The van der Waals surface area contributed by atoms with Crippen LogP contribution in [0.2, 0.25) is 0 Å². The molecule has 0 saturated heterocycles. The van der Waals surface area contributed by atoms with Crippen molar-refractivity contribution in [2.75, 3.05) is 4.90 Å². The number of hydrogen-bond donors (Lipinski definition) is 1. The lowest BCUT2D eigenvalue weighted by Crippen LogP contribution is -2.42. The highest BCUT2D eigenvalue weighted by Gasteiger charge is 2.39. The number of aryl methyl sites for hydroxylation is 1. The van der Waals surface area contributed by atoms with Crippen LogP contribution in [0.4, 0.5) is 5.82 Å². The van der Waals surface area contributed by atoms with E-state index in [1.165, 1.54) is 12.8 Å². The number of carbonyl (C=O) groups is 1. The Morgan fingerprint density at radius 3 is 2.75 bits per heavy atom. The molecule has 4 rings (SSSR count). The van der Waals surface area contributed by atoms with Crippen LogP contribution in [0.25, 0.3) is 5.69 Å². The molecule has 8 heteroatoms. The predicted octanol–water partition coefficient (Wildman–Crippen LogP) is 2.28. The minimum Gasteiger partial charge on any atom is -0.475 e. The molecule has 2 aromatic heterocycles. The van der Waals surface area contributed by atoms with Gasteiger partial charge >= 0.3 is 5.97 Å². The zero-order valence-corrected chi connectivity index (χ0v) is 13.8. The lowest BCUT2D eigenvalue weighted by atomic mass is 10.0. The third-order valence-corrected chi connectivity index (χ3v) is 5.02. The number of fused-ring (bicyclic) bond motifs is 3. The summed E-state index contributed by atoms with van der Waals surface area (Å²) in [5, 5.41) is 17.9. The first kappa shape index (κ1) is 15.0. The zero-order valence-electron chi connectivity index (χ0n) is 13.8. The van der Waals surface area contributed by atoms with Crippen LogP contribution in [0.1, 0.15) is 67.3 Å². The van der Waals surface area contributed by atoms with E-state index in [2.05, 4.69) is 32.0 Å². The number of aromatic carboxylic acids is 1. The van der Waals surface area contributed by atoms with Crippen LogP contribution in [0.5, 0.6) is 0 Å². The fourth-order valence-electron chi connectivity index (χ4n) is 3.97. The normalized spacial score (nSPS) is 20.1. The minimum absolute atomic E-state index is 0.0540. The van der Waals surface area contributed by atoms with E-state index in [4.69, 9.17) is 0 Å².